The molecule has 0 saturated heterocycles. The number of H-pyrrole nitrogens is 1. The molecule has 3 aromatic rings. The molecule has 0 saturated carbocycles. The topological polar surface area (TPSA) is 96.7 Å². The average Bonchev–Trinajstić information content (AvgIpc) is 3.24. The van der Waals surface area contributed by atoms with Gasteiger partial charge in [-0.3, -0.25) is 25.1 Å². The third-order valence-electron chi connectivity index (χ3n) is 3.13. The van der Waals surface area contributed by atoms with Crippen molar-refractivity contribution in [3.05, 3.63) is 60.3 Å². The van der Waals surface area contributed by atoms with Gasteiger partial charge in [0.1, 0.15) is 17.1 Å². The van der Waals surface area contributed by atoms with Crippen molar-refractivity contribution in [2.75, 3.05) is 0 Å². The van der Waals surface area contributed by atoms with E-state index in [9.17, 15) is 9.59 Å². The van der Waals surface area contributed by atoms with Crippen molar-refractivity contribution in [2.24, 2.45) is 7.05 Å². The molecular weight excluding hydrogens is 284 g/mol. The van der Waals surface area contributed by atoms with Crippen LogP contribution >= 0.6 is 0 Å². The highest BCUT2D eigenvalue weighted by Crippen LogP contribution is 2.13. The lowest BCUT2D eigenvalue weighted by atomic mass is 10.3. The van der Waals surface area contributed by atoms with Gasteiger partial charge in [-0.1, -0.05) is 0 Å². The number of carbonyl (C=O) groups is 2. The smallest absolute Gasteiger partial charge is 0.286 e. The van der Waals surface area contributed by atoms with Gasteiger partial charge < -0.3 is 9.55 Å². The molecule has 0 spiro atoms. The van der Waals surface area contributed by atoms with E-state index in [0.717, 1.165) is 0 Å². The van der Waals surface area contributed by atoms with Crippen LogP contribution in [0.3, 0.4) is 0 Å². The lowest BCUT2D eigenvalue weighted by molar-refractivity contribution is 0.0844. The Balaban J connectivity index is 1.75. The van der Waals surface area contributed by atoms with Gasteiger partial charge >= 0.3 is 0 Å². The van der Waals surface area contributed by atoms with Gasteiger partial charge in [0.05, 0.1) is 6.20 Å². The Morgan fingerprint density at radius 3 is 2.55 bits per heavy atom. The summed E-state index contributed by atoms with van der Waals surface area (Å²) in [5, 5.41) is 4.09. The Morgan fingerprint density at radius 2 is 1.86 bits per heavy atom. The molecule has 3 rings (SSSR count). The zero-order valence-electron chi connectivity index (χ0n) is 11.8. The molecule has 3 aromatic heterocycles. The van der Waals surface area contributed by atoms with E-state index in [1.54, 1.807) is 34.6 Å². The summed E-state index contributed by atoms with van der Waals surface area (Å²) < 4.78 is 3.36. The molecule has 8 nitrogen and oxygen atoms in total. The maximum atomic E-state index is 12.2. The second kappa shape index (κ2) is 5.60. The van der Waals surface area contributed by atoms with Crippen molar-refractivity contribution >= 4 is 11.8 Å². The highest BCUT2D eigenvalue weighted by atomic mass is 16.2. The Hall–Kier alpha value is -3.29. The van der Waals surface area contributed by atoms with E-state index in [1.165, 1.54) is 6.20 Å². The number of nitrogens with one attached hydrogen (secondary N) is 3. The number of hydrogen-bond acceptors (Lipinski definition) is 3. The minimum atomic E-state index is -0.447. The van der Waals surface area contributed by atoms with E-state index in [0.29, 0.717) is 17.1 Å². The van der Waals surface area contributed by atoms with E-state index in [2.05, 4.69) is 20.9 Å². The number of aromatic nitrogens is 4. The molecule has 22 heavy (non-hydrogen) atoms. The molecule has 0 atom stereocenters. The van der Waals surface area contributed by atoms with Gasteiger partial charge in [0.15, 0.2) is 0 Å². The van der Waals surface area contributed by atoms with Crippen LogP contribution in [-0.2, 0) is 7.05 Å². The first-order chi connectivity index (χ1) is 10.7. The number of carbonyl (C=O) groups excluding carboxylic acids is 2. The van der Waals surface area contributed by atoms with Gasteiger partial charge in [0.25, 0.3) is 11.8 Å². The predicted molar refractivity (Wildman–Crippen MR) is 78.3 cm³/mol. The molecule has 0 bridgehead atoms. The quantitative estimate of drug-likeness (QED) is 0.618. The summed E-state index contributed by atoms with van der Waals surface area (Å²) in [6, 6.07) is 7.00. The number of amides is 2. The first-order valence-corrected chi connectivity index (χ1v) is 6.56. The van der Waals surface area contributed by atoms with Gasteiger partial charge in [-0.05, 0) is 24.3 Å². The second-order valence-corrected chi connectivity index (χ2v) is 4.59. The number of hydrazine groups is 1. The fourth-order valence-corrected chi connectivity index (χ4v) is 2.09. The van der Waals surface area contributed by atoms with Crippen LogP contribution in [0.1, 0.15) is 20.8 Å². The van der Waals surface area contributed by atoms with Crippen LogP contribution in [-0.4, -0.2) is 31.1 Å². The SMILES string of the molecule is Cn1ncc(C(=O)NNC(=O)c2ccc[nH]2)c1-n1cccc1. The maximum Gasteiger partial charge on any atom is 0.286 e. The van der Waals surface area contributed by atoms with Crippen LogP contribution in [0.2, 0.25) is 0 Å². The first kappa shape index (κ1) is 13.7. The van der Waals surface area contributed by atoms with E-state index in [-0.39, 0.29) is 0 Å². The summed E-state index contributed by atoms with van der Waals surface area (Å²) in [4.78, 5) is 26.8. The fourth-order valence-electron chi connectivity index (χ4n) is 2.09. The summed E-state index contributed by atoms with van der Waals surface area (Å²) in [6.45, 7) is 0. The third-order valence-corrected chi connectivity index (χ3v) is 3.13. The maximum absolute atomic E-state index is 12.2. The Morgan fingerprint density at radius 1 is 1.14 bits per heavy atom. The minimum Gasteiger partial charge on any atom is -0.357 e. The molecule has 2 amide bonds. The first-order valence-electron chi connectivity index (χ1n) is 6.56. The fraction of sp³-hybridized carbons (Fsp3) is 0.0714. The van der Waals surface area contributed by atoms with Crippen molar-refractivity contribution in [1.82, 2.24) is 30.2 Å². The minimum absolute atomic E-state index is 0.352. The molecule has 112 valence electrons. The van der Waals surface area contributed by atoms with Crippen LogP contribution < -0.4 is 10.9 Å². The normalized spacial score (nSPS) is 10.4. The van der Waals surface area contributed by atoms with Crippen LogP contribution in [0.4, 0.5) is 0 Å². The molecule has 0 aromatic carbocycles. The molecule has 0 unspecified atom stereocenters. The van der Waals surface area contributed by atoms with Crippen molar-refractivity contribution in [2.45, 2.75) is 0 Å². The molecule has 0 aliphatic rings. The summed E-state index contributed by atoms with van der Waals surface area (Å²) in [5.74, 6) is -0.266. The van der Waals surface area contributed by atoms with Crippen LogP contribution in [0.15, 0.2) is 49.1 Å². The molecule has 8 heteroatoms. The van der Waals surface area contributed by atoms with Crippen molar-refractivity contribution in [3.8, 4) is 5.82 Å². The summed E-state index contributed by atoms with van der Waals surface area (Å²) in [6.07, 6.45) is 6.70. The number of nitrogens with zero attached hydrogens (tertiary/aromatic N) is 3. The van der Waals surface area contributed by atoms with E-state index in [4.69, 9.17) is 0 Å². The molecule has 3 N–H and O–H groups in total. The summed E-state index contributed by atoms with van der Waals surface area (Å²) >= 11 is 0. The Bertz CT molecular complexity index is 786. The Kier molecular flexibility index (Phi) is 3.48. The van der Waals surface area contributed by atoms with E-state index < -0.39 is 11.8 Å². The predicted octanol–water partition coefficient (Wildman–Crippen LogP) is 0.614. The van der Waals surface area contributed by atoms with Crippen molar-refractivity contribution in [3.63, 3.8) is 0 Å². The second-order valence-electron chi connectivity index (χ2n) is 4.59. The van der Waals surface area contributed by atoms with E-state index in [1.807, 2.05) is 24.5 Å². The number of aromatic amines is 1. The lowest BCUT2D eigenvalue weighted by Crippen LogP contribution is -2.42. The van der Waals surface area contributed by atoms with Gasteiger partial charge in [-0.15, -0.1) is 0 Å². The highest BCUT2D eigenvalue weighted by Gasteiger charge is 2.18. The van der Waals surface area contributed by atoms with Crippen molar-refractivity contribution < 1.29 is 9.59 Å². The summed E-state index contributed by atoms with van der Waals surface area (Å²) in [7, 11) is 1.74. The number of aryl methyl sites for hydroxylation is 1. The lowest BCUT2D eigenvalue weighted by Gasteiger charge is -2.09. The number of rotatable bonds is 3. The van der Waals surface area contributed by atoms with Crippen LogP contribution in [0.5, 0.6) is 0 Å². The molecule has 0 radical (unpaired) electrons. The third kappa shape index (κ3) is 2.49. The van der Waals surface area contributed by atoms with Gasteiger partial charge in [0.2, 0.25) is 0 Å². The van der Waals surface area contributed by atoms with E-state index >= 15 is 0 Å². The molecule has 0 aliphatic carbocycles. The number of hydrogen-bond donors (Lipinski definition) is 3. The molecule has 0 aliphatic heterocycles. The zero-order valence-corrected chi connectivity index (χ0v) is 11.8. The standard InChI is InChI=1S/C14H14N6O2/c1-19-14(20-7-2-3-8-20)10(9-16-19)12(21)17-18-13(22)11-5-4-6-15-11/h2-9,15H,1H3,(H,17,21)(H,18,22). The molecular formula is C14H14N6O2. The highest BCUT2D eigenvalue weighted by molar-refractivity contribution is 6.00. The average molecular weight is 298 g/mol. The molecule has 3 heterocycles. The monoisotopic (exact) mass is 298 g/mol. The van der Waals surface area contributed by atoms with Crippen LogP contribution in [0.25, 0.3) is 5.82 Å². The largest absolute Gasteiger partial charge is 0.357 e. The Labute approximate surface area is 125 Å². The summed E-state index contributed by atoms with van der Waals surface area (Å²) in [5.41, 5.74) is 5.44. The van der Waals surface area contributed by atoms with Gasteiger partial charge in [0, 0.05) is 25.6 Å². The molecule has 0 fully saturated rings. The van der Waals surface area contributed by atoms with Crippen molar-refractivity contribution in [1.29, 1.82) is 0 Å². The van der Waals surface area contributed by atoms with Crippen LogP contribution in [0, 0.1) is 0 Å². The van der Waals surface area contributed by atoms with Gasteiger partial charge in [-0.2, -0.15) is 5.10 Å². The van der Waals surface area contributed by atoms with Gasteiger partial charge in [-0.25, -0.2) is 0 Å². The zero-order chi connectivity index (χ0) is 15.5.